The van der Waals surface area contributed by atoms with E-state index in [4.69, 9.17) is 24.2 Å². The third kappa shape index (κ3) is 9.04. The number of likely N-dealkylation sites (N-methyl/N-ethyl adjacent to an activating group) is 1. The monoisotopic (exact) mass is 856 g/mol. The minimum Gasteiger partial charge on any atom is -0.464 e. The number of carbonyl (C=O) groups is 4. The number of hydrazine groups is 1. The number of rotatable bonds is 9. The van der Waals surface area contributed by atoms with Gasteiger partial charge in [0.2, 0.25) is 5.91 Å². The second-order valence-corrected chi connectivity index (χ2v) is 18.6. The second-order valence-electron chi connectivity index (χ2n) is 17.6. The molecule has 7 rings (SSSR count). The molecule has 3 aliphatic heterocycles. The minimum absolute atomic E-state index is 0.0368. The van der Waals surface area contributed by atoms with Gasteiger partial charge in [0.15, 0.2) is 0 Å². The minimum atomic E-state index is -1.04. The molecule has 4 atom stereocenters. The number of ether oxygens (including phenoxy) is 3. The molecular weight excluding hydrogens is 797 g/mol. The average molecular weight is 857 g/mol. The molecule has 3 aromatic heterocycles. The van der Waals surface area contributed by atoms with E-state index in [1.165, 1.54) is 21.2 Å². The first kappa shape index (κ1) is 44.2. The zero-order chi connectivity index (χ0) is 43.7. The van der Waals surface area contributed by atoms with Crippen LogP contribution in [0.1, 0.15) is 76.8 Å². The fraction of sp³-hybridized carbons (Fsp3) is 0.556. The zero-order valence-electron chi connectivity index (χ0n) is 36.8. The first-order valence-corrected chi connectivity index (χ1v) is 22.2. The van der Waals surface area contributed by atoms with E-state index in [0.717, 1.165) is 44.7 Å². The number of hydrogen-bond donors (Lipinski definition) is 2. The van der Waals surface area contributed by atoms with E-state index in [1.54, 1.807) is 32.4 Å². The predicted octanol–water partition coefficient (Wildman–Crippen LogP) is 5.61. The number of aromatic nitrogens is 3. The lowest BCUT2D eigenvalue weighted by Gasteiger charge is -2.42. The van der Waals surface area contributed by atoms with Gasteiger partial charge in [-0.25, -0.2) is 15.2 Å². The molecule has 0 saturated carbocycles. The average Bonchev–Trinajstić information content (AvgIpc) is 3.82. The second kappa shape index (κ2) is 18.2. The summed E-state index contributed by atoms with van der Waals surface area (Å²) in [7, 11) is 4.92. The Kier molecular flexibility index (Phi) is 13.2. The number of carbonyl (C=O) groups excluding carboxylic acids is 4. The number of cyclic esters (lactones) is 1. The van der Waals surface area contributed by atoms with Crippen molar-refractivity contribution in [2.24, 2.45) is 11.3 Å². The van der Waals surface area contributed by atoms with Crippen LogP contribution in [0.2, 0.25) is 0 Å². The topological polar surface area (TPSA) is 160 Å². The van der Waals surface area contributed by atoms with Crippen LogP contribution < -0.4 is 10.7 Å². The van der Waals surface area contributed by atoms with Gasteiger partial charge in [-0.3, -0.25) is 24.4 Å². The predicted molar refractivity (Wildman–Crippen MR) is 233 cm³/mol. The van der Waals surface area contributed by atoms with E-state index in [1.807, 2.05) is 32.2 Å². The van der Waals surface area contributed by atoms with Gasteiger partial charge in [-0.15, -0.1) is 11.3 Å². The highest BCUT2D eigenvalue weighted by Crippen LogP contribution is 2.42. The van der Waals surface area contributed by atoms with Gasteiger partial charge in [-0.1, -0.05) is 33.8 Å². The van der Waals surface area contributed by atoms with E-state index in [9.17, 15) is 19.2 Å². The summed E-state index contributed by atoms with van der Waals surface area (Å²) >= 11 is 1.42. The zero-order valence-corrected chi connectivity index (χ0v) is 37.6. The molecule has 6 bridgehead atoms. The van der Waals surface area contributed by atoms with Crippen molar-refractivity contribution in [3.63, 3.8) is 0 Å². The maximum absolute atomic E-state index is 14.5. The van der Waals surface area contributed by atoms with Gasteiger partial charge < -0.3 is 33.9 Å². The molecule has 0 radical (unpaired) electrons. The molecule has 3 aliphatic rings. The third-order valence-electron chi connectivity index (χ3n) is 12.2. The number of nitrogens with zero attached hydrogens (tertiary/aromatic N) is 6. The number of methoxy groups -OCH3 is 2. The van der Waals surface area contributed by atoms with E-state index < -0.39 is 41.3 Å². The summed E-state index contributed by atoms with van der Waals surface area (Å²) in [6.45, 7) is 14.2. The fourth-order valence-electron chi connectivity index (χ4n) is 8.83. The van der Waals surface area contributed by atoms with Crippen LogP contribution >= 0.6 is 11.3 Å². The summed E-state index contributed by atoms with van der Waals surface area (Å²) in [6, 6.07) is 7.49. The highest BCUT2D eigenvalue weighted by molar-refractivity contribution is 7.10. The molecule has 0 aliphatic carbocycles. The highest BCUT2D eigenvalue weighted by Gasteiger charge is 2.40. The number of benzene rings is 1. The summed E-state index contributed by atoms with van der Waals surface area (Å²) in [5.74, 6) is -1.56. The number of amides is 4. The van der Waals surface area contributed by atoms with Crippen LogP contribution in [0.3, 0.4) is 0 Å². The lowest BCUT2D eigenvalue weighted by Crippen LogP contribution is -2.64. The van der Waals surface area contributed by atoms with Gasteiger partial charge in [-0.05, 0) is 68.9 Å². The number of hydrogen-bond acceptors (Lipinski definition) is 11. The van der Waals surface area contributed by atoms with Crippen LogP contribution in [-0.2, 0) is 48.0 Å². The maximum atomic E-state index is 14.5. The molecule has 328 valence electrons. The molecule has 1 aromatic carbocycles. The quantitative estimate of drug-likeness (QED) is 0.203. The summed E-state index contributed by atoms with van der Waals surface area (Å²) in [4.78, 5) is 69.0. The summed E-state index contributed by atoms with van der Waals surface area (Å²) < 4.78 is 19.6. The fourth-order valence-corrected chi connectivity index (χ4v) is 9.68. The number of fused-ring (bicyclic) bond motifs is 6. The molecule has 4 aromatic rings. The van der Waals surface area contributed by atoms with E-state index in [-0.39, 0.29) is 37.2 Å². The Bertz CT molecular complexity index is 2270. The molecule has 2 fully saturated rings. The van der Waals surface area contributed by atoms with Crippen molar-refractivity contribution in [2.75, 3.05) is 47.5 Å². The van der Waals surface area contributed by atoms with Crippen molar-refractivity contribution in [1.29, 1.82) is 0 Å². The molecule has 6 heterocycles. The Morgan fingerprint density at radius 3 is 2.62 bits per heavy atom. The normalized spacial score (nSPS) is 20.8. The van der Waals surface area contributed by atoms with Crippen molar-refractivity contribution < 1.29 is 33.4 Å². The smallest absolute Gasteiger partial charge is 0.324 e. The number of urea groups is 1. The maximum Gasteiger partial charge on any atom is 0.324 e. The van der Waals surface area contributed by atoms with Gasteiger partial charge in [0.05, 0.1) is 54.0 Å². The molecule has 2 saturated heterocycles. The van der Waals surface area contributed by atoms with Crippen LogP contribution in [0.25, 0.3) is 33.4 Å². The summed E-state index contributed by atoms with van der Waals surface area (Å²) in [5.41, 5.74) is 9.35. The van der Waals surface area contributed by atoms with Gasteiger partial charge in [0.1, 0.15) is 18.1 Å². The van der Waals surface area contributed by atoms with Crippen LogP contribution in [0.4, 0.5) is 4.79 Å². The first-order valence-electron chi connectivity index (χ1n) is 21.3. The lowest BCUT2D eigenvalue weighted by molar-refractivity contribution is -0.155. The van der Waals surface area contributed by atoms with E-state index >= 15 is 0 Å². The Labute approximate surface area is 362 Å². The number of pyridine rings is 1. The number of nitrogens with one attached hydrogen (secondary N) is 2. The van der Waals surface area contributed by atoms with E-state index in [0.29, 0.717) is 50.4 Å². The standard InChI is InChI=1S/C45H60N8O7S/c1-10-52-36-16-15-28-19-31(36)32(40(52)30-13-11-17-46-38(30)27(4)58-8)21-45(5,6)25-60-43(56)33-14-12-18-53(49-33)42(55)34(20-37-47-35(28)24-61-37)48-41(54)39(26(2)3)50(7)44(57)51-22-29(23-51)59-9/h11,13,15-17,19,24,26-27,29,33-34,39,49H,10,12,14,18,20-23,25H2,1-9H3,(H,48,54)/t27-,33-,34-,39?/m0/s1. The van der Waals surface area contributed by atoms with Crippen LogP contribution in [0.5, 0.6) is 0 Å². The Hall–Kier alpha value is -4.90. The molecule has 1 unspecified atom stereocenters. The van der Waals surface area contributed by atoms with Crippen LogP contribution in [0.15, 0.2) is 41.9 Å². The molecule has 4 amide bonds. The summed E-state index contributed by atoms with van der Waals surface area (Å²) in [5, 5.41) is 8.15. The van der Waals surface area contributed by atoms with Crippen molar-refractivity contribution in [3.05, 3.63) is 58.2 Å². The van der Waals surface area contributed by atoms with Gasteiger partial charge in [-0.2, -0.15) is 0 Å². The lowest BCUT2D eigenvalue weighted by atomic mass is 9.84. The number of aryl methyl sites for hydroxylation is 1. The highest BCUT2D eigenvalue weighted by atomic mass is 32.1. The largest absolute Gasteiger partial charge is 0.464 e. The van der Waals surface area contributed by atoms with Gasteiger partial charge in [0.25, 0.3) is 5.91 Å². The molecular formula is C45H60N8O7S. The van der Waals surface area contributed by atoms with Crippen LogP contribution in [-0.4, -0.2) is 125 Å². The molecule has 16 heteroatoms. The Morgan fingerprint density at radius 2 is 1.92 bits per heavy atom. The van der Waals surface area contributed by atoms with Gasteiger partial charge >= 0.3 is 12.0 Å². The Balaban J connectivity index is 1.29. The summed E-state index contributed by atoms with van der Waals surface area (Å²) in [6.07, 6.45) is 3.24. The molecule has 2 N–H and O–H groups in total. The van der Waals surface area contributed by atoms with Gasteiger partial charge in [0, 0.05) is 79.8 Å². The number of esters is 1. The van der Waals surface area contributed by atoms with Crippen molar-refractivity contribution in [3.8, 4) is 22.5 Å². The van der Waals surface area contributed by atoms with Crippen molar-refractivity contribution >= 4 is 46.1 Å². The van der Waals surface area contributed by atoms with Crippen molar-refractivity contribution in [2.45, 2.75) is 104 Å². The SMILES string of the molecule is CCn1c(-c2cccnc2[C@H](C)OC)c2c3cc(ccc31)-c1csc(n1)C[C@H](NC(=O)C(C(C)C)N(C)C(=O)N1CC(OC)C1)C(=O)N1CCC[C@H](N1)C(=O)OCC(C)(C)C2. The number of thiazole rings is 1. The first-order chi connectivity index (χ1) is 29.1. The number of likely N-dealkylation sites (tertiary alicyclic amines) is 1. The Morgan fingerprint density at radius 1 is 1.15 bits per heavy atom. The third-order valence-corrected chi connectivity index (χ3v) is 13.1. The van der Waals surface area contributed by atoms with E-state index in [2.05, 4.69) is 60.3 Å². The molecule has 0 spiro atoms. The van der Waals surface area contributed by atoms with Crippen LogP contribution in [0, 0.1) is 11.3 Å². The van der Waals surface area contributed by atoms with Crippen molar-refractivity contribution in [1.82, 2.24) is 40.1 Å². The molecule has 61 heavy (non-hydrogen) atoms. The molecule has 15 nitrogen and oxygen atoms in total.